The average Bonchev–Trinajstić information content (AvgIpc) is 2.99. The molecule has 0 aliphatic carbocycles. The largest absolute Gasteiger partial charge is 0.347 e. The van der Waals surface area contributed by atoms with Crippen molar-refractivity contribution in [2.24, 2.45) is 14.1 Å². The second kappa shape index (κ2) is 5.40. The lowest BCUT2D eigenvalue weighted by atomic mass is 10.7. The second-order valence-electron chi connectivity index (χ2n) is 4.67. The van der Waals surface area contributed by atoms with Crippen LogP contribution in [0, 0.1) is 0 Å². The Morgan fingerprint density at radius 1 is 1.00 bits per heavy atom. The topological polar surface area (TPSA) is 30.2 Å². The fourth-order valence-electron chi connectivity index (χ4n) is 2.56. The molecule has 0 saturated carbocycles. The standard InChI is InChI=1S/C14H22N3OP/c1-5-17(6-2)19(18,13-9-7-11-15(13)3)14-10-8-12-16(14)4/h7-12H,5-6H2,1-4H3. The van der Waals surface area contributed by atoms with E-state index in [1.54, 1.807) is 0 Å². The highest BCUT2D eigenvalue weighted by atomic mass is 31.2. The summed E-state index contributed by atoms with van der Waals surface area (Å²) in [5.41, 5.74) is 1.77. The molecule has 0 atom stereocenters. The summed E-state index contributed by atoms with van der Waals surface area (Å²) in [4.78, 5) is 0. The van der Waals surface area contributed by atoms with Crippen LogP contribution < -0.4 is 10.9 Å². The molecule has 0 fully saturated rings. The zero-order valence-electron chi connectivity index (χ0n) is 12.1. The van der Waals surface area contributed by atoms with Crippen LogP contribution in [0.5, 0.6) is 0 Å². The molecule has 2 aromatic rings. The predicted octanol–water partition coefficient (Wildman–Crippen LogP) is 1.93. The highest BCUT2D eigenvalue weighted by Crippen LogP contribution is 2.46. The first-order chi connectivity index (χ1) is 9.05. The third kappa shape index (κ3) is 2.19. The first kappa shape index (κ1) is 14.2. The Balaban J connectivity index is 2.68. The predicted molar refractivity (Wildman–Crippen MR) is 80.6 cm³/mol. The maximum Gasteiger partial charge on any atom is 0.238 e. The van der Waals surface area contributed by atoms with Gasteiger partial charge in [0.15, 0.2) is 0 Å². The van der Waals surface area contributed by atoms with Crippen LogP contribution in [-0.2, 0) is 18.7 Å². The molecule has 4 nitrogen and oxygen atoms in total. The second-order valence-corrected chi connectivity index (χ2v) is 7.30. The maximum atomic E-state index is 13.8. The molecule has 0 bridgehead atoms. The van der Waals surface area contributed by atoms with Crippen LogP contribution in [0.4, 0.5) is 0 Å². The van der Waals surface area contributed by atoms with Crippen LogP contribution in [0.25, 0.3) is 0 Å². The van der Waals surface area contributed by atoms with Gasteiger partial charge in [-0.3, -0.25) is 4.57 Å². The van der Waals surface area contributed by atoms with E-state index in [0.29, 0.717) is 0 Å². The quantitative estimate of drug-likeness (QED) is 0.783. The van der Waals surface area contributed by atoms with Gasteiger partial charge in [-0.1, -0.05) is 13.8 Å². The van der Waals surface area contributed by atoms with Crippen LogP contribution in [-0.4, -0.2) is 26.9 Å². The summed E-state index contributed by atoms with van der Waals surface area (Å²) >= 11 is 0. The Hall–Kier alpha value is -1.25. The summed E-state index contributed by atoms with van der Waals surface area (Å²) in [5.74, 6) is 0. The molecule has 2 heterocycles. The Labute approximate surface area is 115 Å². The fourth-order valence-corrected chi connectivity index (χ4v) is 5.74. The van der Waals surface area contributed by atoms with Gasteiger partial charge in [0.1, 0.15) is 0 Å². The van der Waals surface area contributed by atoms with E-state index in [2.05, 4.69) is 18.5 Å². The molecule has 104 valence electrons. The van der Waals surface area contributed by atoms with Crippen LogP contribution in [0.3, 0.4) is 0 Å². The highest BCUT2D eigenvalue weighted by Gasteiger charge is 2.36. The number of aryl methyl sites for hydroxylation is 2. The minimum Gasteiger partial charge on any atom is -0.347 e. The highest BCUT2D eigenvalue weighted by molar-refractivity contribution is 7.76. The van der Waals surface area contributed by atoms with Gasteiger partial charge in [0.2, 0.25) is 7.29 Å². The Morgan fingerprint density at radius 2 is 1.42 bits per heavy atom. The van der Waals surface area contributed by atoms with Gasteiger partial charge < -0.3 is 9.13 Å². The van der Waals surface area contributed by atoms with Gasteiger partial charge in [0.05, 0.1) is 10.9 Å². The fraction of sp³-hybridized carbons (Fsp3) is 0.429. The molecule has 0 aromatic carbocycles. The van der Waals surface area contributed by atoms with Crippen LogP contribution in [0.2, 0.25) is 0 Å². The molecule has 19 heavy (non-hydrogen) atoms. The molecule has 0 radical (unpaired) electrons. The van der Waals surface area contributed by atoms with Gasteiger partial charge in [-0.05, 0) is 24.3 Å². The maximum absolute atomic E-state index is 13.8. The number of nitrogens with zero attached hydrogens (tertiary/aromatic N) is 3. The number of hydrogen-bond donors (Lipinski definition) is 0. The van der Waals surface area contributed by atoms with Gasteiger partial charge in [-0.15, -0.1) is 0 Å². The molecule has 0 saturated heterocycles. The van der Waals surface area contributed by atoms with Gasteiger partial charge >= 0.3 is 0 Å². The van der Waals surface area contributed by atoms with Crippen molar-refractivity contribution in [2.75, 3.05) is 13.1 Å². The minimum absolute atomic E-state index is 0.768. The van der Waals surface area contributed by atoms with Crippen LogP contribution in [0.1, 0.15) is 13.8 Å². The Morgan fingerprint density at radius 3 is 1.68 bits per heavy atom. The van der Waals surface area contributed by atoms with E-state index in [1.807, 2.05) is 59.9 Å². The van der Waals surface area contributed by atoms with E-state index < -0.39 is 7.29 Å². The lowest BCUT2D eigenvalue weighted by Gasteiger charge is -2.30. The summed E-state index contributed by atoms with van der Waals surface area (Å²) in [5, 5.41) is 0. The molecule has 0 amide bonds. The molecule has 0 unspecified atom stereocenters. The van der Waals surface area contributed by atoms with Crippen LogP contribution in [0.15, 0.2) is 36.7 Å². The Bertz CT molecular complexity index is 551. The zero-order chi connectivity index (χ0) is 14.0. The molecule has 0 spiro atoms. The molecular formula is C14H22N3OP. The van der Waals surface area contributed by atoms with Crippen molar-refractivity contribution < 1.29 is 4.57 Å². The average molecular weight is 279 g/mol. The normalized spacial score (nSPS) is 12.3. The van der Waals surface area contributed by atoms with Crippen molar-refractivity contribution in [1.82, 2.24) is 13.8 Å². The van der Waals surface area contributed by atoms with Crippen molar-refractivity contribution >= 4 is 18.2 Å². The van der Waals surface area contributed by atoms with Gasteiger partial charge in [-0.2, -0.15) is 0 Å². The van der Waals surface area contributed by atoms with E-state index in [1.165, 1.54) is 0 Å². The molecule has 0 aliphatic heterocycles. The molecule has 0 N–H and O–H groups in total. The van der Waals surface area contributed by atoms with Gasteiger partial charge in [0.25, 0.3) is 0 Å². The van der Waals surface area contributed by atoms with Crippen LogP contribution >= 0.6 is 7.29 Å². The van der Waals surface area contributed by atoms with E-state index in [-0.39, 0.29) is 0 Å². The van der Waals surface area contributed by atoms with Crippen molar-refractivity contribution in [1.29, 1.82) is 0 Å². The molecule has 2 aromatic heterocycles. The lowest BCUT2D eigenvalue weighted by Crippen LogP contribution is -2.36. The third-order valence-electron chi connectivity index (χ3n) is 3.58. The smallest absolute Gasteiger partial charge is 0.238 e. The van der Waals surface area contributed by atoms with Gasteiger partial charge in [-0.25, -0.2) is 4.67 Å². The summed E-state index contributed by atoms with van der Waals surface area (Å²) in [6.07, 6.45) is 3.91. The molecule has 5 heteroatoms. The number of hydrogen-bond acceptors (Lipinski definition) is 1. The van der Waals surface area contributed by atoms with Crippen molar-refractivity contribution in [3.63, 3.8) is 0 Å². The van der Waals surface area contributed by atoms with E-state index >= 15 is 0 Å². The van der Waals surface area contributed by atoms with Gasteiger partial charge in [0, 0.05) is 39.6 Å². The Kier molecular flexibility index (Phi) is 4.02. The van der Waals surface area contributed by atoms with E-state index in [9.17, 15) is 4.57 Å². The summed E-state index contributed by atoms with van der Waals surface area (Å²) < 4.78 is 19.8. The zero-order valence-corrected chi connectivity index (χ0v) is 13.0. The summed E-state index contributed by atoms with van der Waals surface area (Å²) in [6.45, 7) is 5.65. The van der Waals surface area contributed by atoms with E-state index in [0.717, 1.165) is 24.0 Å². The van der Waals surface area contributed by atoms with Crippen molar-refractivity contribution in [3.05, 3.63) is 36.7 Å². The first-order valence-electron chi connectivity index (χ1n) is 6.65. The lowest BCUT2D eigenvalue weighted by molar-refractivity contribution is 0.455. The van der Waals surface area contributed by atoms with E-state index in [4.69, 9.17) is 0 Å². The molecule has 0 aliphatic rings. The monoisotopic (exact) mass is 279 g/mol. The first-order valence-corrected chi connectivity index (χ1v) is 8.30. The molecule has 2 rings (SSSR count). The summed E-state index contributed by atoms with van der Waals surface area (Å²) in [7, 11) is 1.15. The number of aromatic nitrogens is 2. The summed E-state index contributed by atoms with van der Waals surface area (Å²) in [6, 6.07) is 7.83. The van der Waals surface area contributed by atoms with Crippen molar-refractivity contribution in [3.8, 4) is 0 Å². The molecular weight excluding hydrogens is 257 g/mol. The SMILES string of the molecule is CCN(CC)P(=O)(c1cccn1C)c1cccn1C. The van der Waals surface area contributed by atoms with Crippen molar-refractivity contribution in [2.45, 2.75) is 13.8 Å². The minimum atomic E-state index is -2.75. The third-order valence-corrected chi connectivity index (χ3v) is 7.12. The number of rotatable bonds is 5.